The SMILES string of the molecule is N#CCO/N=C(/C(=O)NC1C(=O)N2C(C(=O)O)=C(CSc3nncs3)CS[C@H]12)c1csc(N)n1. The average molecular weight is 539 g/mol. The van der Waals surface area contributed by atoms with Crippen molar-refractivity contribution >= 4 is 74.8 Å². The number of thioether (sulfide) groups is 2. The van der Waals surface area contributed by atoms with Gasteiger partial charge in [-0.15, -0.1) is 33.3 Å². The molecule has 0 spiro atoms. The largest absolute Gasteiger partial charge is 0.477 e. The Balaban J connectivity index is 1.49. The summed E-state index contributed by atoms with van der Waals surface area (Å²) >= 11 is 5.10. The van der Waals surface area contributed by atoms with Gasteiger partial charge >= 0.3 is 5.97 Å². The summed E-state index contributed by atoms with van der Waals surface area (Å²) in [6, 6.07) is 0.757. The zero-order valence-electron chi connectivity index (χ0n) is 16.9. The summed E-state index contributed by atoms with van der Waals surface area (Å²) in [6.45, 7) is -0.393. The molecule has 2 amide bonds. The van der Waals surface area contributed by atoms with Crippen LogP contribution in [0.15, 0.2) is 31.7 Å². The maximum Gasteiger partial charge on any atom is 0.352 e. The van der Waals surface area contributed by atoms with Crippen molar-refractivity contribution < 1.29 is 24.3 Å². The summed E-state index contributed by atoms with van der Waals surface area (Å²) in [5.41, 5.74) is 7.57. The molecule has 2 aliphatic heterocycles. The molecule has 0 saturated carbocycles. The van der Waals surface area contributed by atoms with Gasteiger partial charge in [0.1, 0.15) is 34.4 Å². The number of thiazole rings is 1. The Hall–Kier alpha value is -3.20. The smallest absolute Gasteiger partial charge is 0.352 e. The zero-order valence-corrected chi connectivity index (χ0v) is 20.2. The van der Waals surface area contributed by atoms with Gasteiger partial charge in [-0.3, -0.25) is 14.5 Å². The third-order valence-electron chi connectivity index (χ3n) is 4.51. The third kappa shape index (κ3) is 4.84. The highest BCUT2D eigenvalue weighted by Gasteiger charge is 2.54. The fourth-order valence-corrected chi connectivity index (χ4v) is 6.63. The minimum absolute atomic E-state index is 0.0882. The van der Waals surface area contributed by atoms with Crippen molar-refractivity contribution in [1.82, 2.24) is 25.4 Å². The van der Waals surface area contributed by atoms with E-state index in [0.29, 0.717) is 21.4 Å². The van der Waals surface area contributed by atoms with Gasteiger partial charge in [-0.1, -0.05) is 28.3 Å². The number of carbonyl (C=O) groups excluding carboxylic acids is 2. The molecule has 0 bridgehead atoms. The van der Waals surface area contributed by atoms with Gasteiger partial charge in [-0.25, -0.2) is 9.78 Å². The molecule has 1 saturated heterocycles. The molecule has 1 unspecified atom stereocenters. The first-order valence-corrected chi connectivity index (χ1v) is 13.1. The lowest BCUT2D eigenvalue weighted by Crippen LogP contribution is -2.71. The van der Waals surface area contributed by atoms with Crippen LogP contribution in [0.25, 0.3) is 0 Å². The summed E-state index contributed by atoms with van der Waals surface area (Å²) in [5.74, 6) is -1.84. The molecule has 2 aromatic rings. The molecule has 2 aliphatic rings. The number of carboxylic acid groups (broad SMARTS) is 1. The molecule has 176 valence electrons. The predicted molar refractivity (Wildman–Crippen MR) is 125 cm³/mol. The van der Waals surface area contributed by atoms with Crippen LogP contribution in [0.2, 0.25) is 0 Å². The van der Waals surface area contributed by atoms with Gasteiger partial charge in [0.25, 0.3) is 11.8 Å². The van der Waals surface area contributed by atoms with Crippen LogP contribution in [-0.4, -0.2) is 78.2 Å². The summed E-state index contributed by atoms with van der Waals surface area (Å²) in [6.07, 6.45) is 0. The zero-order chi connectivity index (χ0) is 24.2. The van der Waals surface area contributed by atoms with Crippen LogP contribution in [0.1, 0.15) is 5.69 Å². The van der Waals surface area contributed by atoms with E-state index in [1.54, 1.807) is 11.6 Å². The van der Waals surface area contributed by atoms with Crippen molar-refractivity contribution in [1.29, 1.82) is 5.26 Å². The number of nitrogens with one attached hydrogen (secondary N) is 1. The summed E-state index contributed by atoms with van der Waals surface area (Å²) in [4.78, 5) is 47.7. The number of anilines is 1. The molecule has 0 radical (unpaired) electrons. The van der Waals surface area contributed by atoms with Crippen LogP contribution in [-0.2, 0) is 19.2 Å². The predicted octanol–water partition coefficient (Wildman–Crippen LogP) is 0.352. The van der Waals surface area contributed by atoms with Crippen LogP contribution in [0, 0.1) is 11.3 Å². The van der Waals surface area contributed by atoms with E-state index >= 15 is 0 Å². The number of rotatable bonds is 9. The minimum Gasteiger partial charge on any atom is -0.477 e. The number of amides is 2. The number of aromatic nitrogens is 3. The number of nitrogens with zero attached hydrogens (tertiary/aromatic N) is 6. The molecule has 17 heteroatoms. The van der Waals surface area contributed by atoms with E-state index in [1.165, 1.54) is 45.1 Å². The number of hydrogen-bond donors (Lipinski definition) is 3. The second-order valence-electron chi connectivity index (χ2n) is 6.55. The Morgan fingerprint density at radius 3 is 2.94 bits per heavy atom. The van der Waals surface area contributed by atoms with Crippen LogP contribution in [0.5, 0.6) is 0 Å². The molecule has 4 rings (SSSR count). The van der Waals surface area contributed by atoms with Gasteiger partial charge in [-0.05, 0) is 5.57 Å². The van der Waals surface area contributed by atoms with E-state index in [9.17, 15) is 19.5 Å². The molecule has 4 N–H and O–H groups in total. The Kier molecular flexibility index (Phi) is 7.31. The van der Waals surface area contributed by atoms with Gasteiger partial charge in [0.05, 0.1) is 0 Å². The normalized spacial score (nSPS) is 19.8. The standard InChI is InChI=1S/C17H14N8O5S4/c18-1-2-30-24-9(8-5-32-16(19)21-8)12(26)22-10-13(27)25-11(15(28)29)7(3-31-14(10)25)4-33-17-23-20-6-34-17/h5-6,10,14H,2-4H2,(H2,19,21)(H,22,26)(H,28,29)/b24-9+/t10?,14-/m1/s1. The Morgan fingerprint density at radius 1 is 1.47 bits per heavy atom. The Morgan fingerprint density at radius 2 is 2.29 bits per heavy atom. The Bertz CT molecular complexity index is 1220. The maximum atomic E-state index is 12.9. The number of carboxylic acids is 1. The number of nitrogens with two attached hydrogens (primary N) is 1. The molecule has 1 fully saturated rings. The first-order chi connectivity index (χ1) is 16.4. The molecule has 0 aromatic carbocycles. The van der Waals surface area contributed by atoms with Gasteiger partial charge < -0.3 is 21.0 Å². The van der Waals surface area contributed by atoms with Crippen molar-refractivity contribution in [2.45, 2.75) is 15.8 Å². The van der Waals surface area contributed by atoms with Gasteiger partial charge in [0.15, 0.2) is 15.2 Å². The van der Waals surface area contributed by atoms with Crippen molar-refractivity contribution in [2.24, 2.45) is 5.16 Å². The fraction of sp³-hybridized carbons (Fsp3) is 0.294. The van der Waals surface area contributed by atoms with Crippen LogP contribution in [0.3, 0.4) is 0 Å². The maximum absolute atomic E-state index is 12.9. The van der Waals surface area contributed by atoms with E-state index in [2.05, 4.69) is 25.7 Å². The van der Waals surface area contributed by atoms with Gasteiger partial charge in [-0.2, -0.15) is 5.26 Å². The van der Waals surface area contributed by atoms with E-state index < -0.39 is 35.8 Å². The van der Waals surface area contributed by atoms with Crippen LogP contribution >= 0.6 is 46.2 Å². The van der Waals surface area contributed by atoms with E-state index in [4.69, 9.17) is 15.8 Å². The molecular formula is C17H14N8O5S4. The summed E-state index contributed by atoms with van der Waals surface area (Å²) in [5, 5.41) is 33.4. The first kappa shape index (κ1) is 23.9. The van der Waals surface area contributed by atoms with Gasteiger partial charge in [0.2, 0.25) is 6.61 Å². The van der Waals surface area contributed by atoms with Crippen LogP contribution in [0.4, 0.5) is 5.13 Å². The number of carbonyl (C=O) groups is 3. The quantitative estimate of drug-likeness (QED) is 0.130. The number of hydrogen-bond acceptors (Lipinski definition) is 14. The highest BCUT2D eigenvalue weighted by Crippen LogP contribution is 2.41. The highest BCUT2D eigenvalue weighted by molar-refractivity contribution is 8.01. The Labute approximate surface area is 208 Å². The van der Waals surface area contributed by atoms with Gasteiger partial charge in [0, 0.05) is 16.9 Å². The highest BCUT2D eigenvalue weighted by atomic mass is 32.2. The van der Waals surface area contributed by atoms with Crippen molar-refractivity contribution in [3.8, 4) is 6.07 Å². The molecule has 34 heavy (non-hydrogen) atoms. The summed E-state index contributed by atoms with van der Waals surface area (Å²) < 4.78 is 0.692. The monoisotopic (exact) mass is 538 g/mol. The molecular weight excluding hydrogens is 525 g/mol. The number of aliphatic carboxylic acids is 1. The fourth-order valence-electron chi connectivity index (χ4n) is 3.11. The topological polar surface area (TPSA) is 197 Å². The second kappa shape index (κ2) is 10.4. The third-order valence-corrected chi connectivity index (χ3v) is 8.47. The lowest BCUT2D eigenvalue weighted by atomic mass is 10.0. The van der Waals surface area contributed by atoms with E-state index in [0.717, 1.165) is 11.3 Å². The molecule has 4 heterocycles. The van der Waals surface area contributed by atoms with Crippen LogP contribution < -0.4 is 11.1 Å². The van der Waals surface area contributed by atoms with Crippen molar-refractivity contribution in [3.63, 3.8) is 0 Å². The molecule has 0 aliphatic carbocycles. The number of fused-ring (bicyclic) bond motifs is 1. The lowest BCUT2D eigenvalue weighted by Gasteiger charge is -2.49. The number of nitriles is 1. The second-order valence-corrected chi connectivity index (χ2v) is 10.6. The van der Waals surface area contributed by atoms with Crippen molar-refractivity contribution in [2.75, 3.05) is 23.8 Å². The number of β-lactam (4-membered cyclic amide) rings is 1. The molecule has 2 atom stereocenters. The average Bonchev–Trinajstić information content (AvgIpc) is 3.49. The lowest BCUT2D eigenvalue weighted by molar-refractivity contribution is -0.150. The minimum atomic E-state index is -1.22. The molecule has 2 aromatic heterocycles. The summed E-state index contributed by atoms with van der Waals surface area (Å²) in [7, 11) is 0. The number of nitrogen functional groups attached to an aromatic ring is 1. The molecule has 13 nitrogen and oxygen atoms in total. The van der Waals surface area contributed by atoms with E-state index in [-0.39, 0.29) is 22.2 Å². The number of oxime groups is 1. The van der Waals surface area contributed by atoms with E-state index in [1.807, 2.05) is 0 Å². The van der Waals surface area contributed by atoms with Crippen molar-refractivity contribution in [3.05, 3.63) is 27.9 Å². The first-order valence-electron chi connectivity index (χ1n) is 9.28.